The Morgan fingerprint density at radius 2 is 1.18 bits per heavy atom. The molecular weight excluding hydrogens is 132 g/mol. The molecule has 60 valence electrons. The van der Waals surface area contributed by atoms with Gasteiger partial charge in [0.05, 0.1) is 0 Å². The van der Waals surface area contributed by atoms with Crippen molar-refractivity contribution < 1.29 is 0 Å². The smallest absolute Gasteiger partial charge is 0.0321 e. The van der Waals surface area contributed by atoms with Crippen molar-refractivity contribution in [2.24, 2.45) is 35.5 Å². The van der Waals surface area contributed by atoms with Crippen molar-refractivity contribution in [1.82, 2.24) is 0 Å². The van der Waals surface area contributed by atoms with E-state index in [0.29, 0.717) is 0 Å². The van der Waals surface area contributed by atoms with E-state index in [4.69, 9.17) is 0 Å². The highest BCUT2D eigenvalue weighted by atomic mass is 14.7. The van der Waals surface area contributed by atoms with Gasteiger partial charge in [-0.15, -0.1) is 0 Å². The van der Waals surface area contributed by atoms with Crippen molar-refractivity contribution >= 4 is 0 Å². The summed E-state index contributed by atoms with van der Waals surface area (Å²) in [6.45, 7) is 0. The Morgan fingerprint density at radius 1 is 0.636 bits per heavy atom. The first kappa shape index (κ1) is 5.61. The van der Waals surface area contributed by atoms with Crippen LogP contribution in [0.3, 0.4) is 0 Å². The van der Waals surface area contributed by atoms with E-state index in [1.165, 1.54) is 35.5 Å². The third-order valence-electron chi connectivity index (χ3n) is 5.42. The first-order valence-electron chi connectivity index (χ1n) is 5.45. The van der Waals surface area contributed by atoms with Gasteiger partial charge in [-0.2, -0.15) is 0 Å². The lowest BCUT2D eigenvalue weighted by molar-refractivity contribution is 0.0251. The summed E-state index contributed by atoms with van der Waals surface area (Å²) in [6, 6.07) is 0. The van der Waals surface area contributed by atoms with Gasteiger partial charge in [0.2, 0.25) is 0 Å². The lowest BCUT2D eigenvalue weighted by atomic mass is 9.60. The van der Waals surface area contributed by atoms with Crippen molar-refractivity contribution in [2.45, 2.75) is 32.1 Å². The van der Waals surface area contributed by atoms with E-state index in [1.807, 2.05) is 0 Å². The normalized spacial score (nSPS) is 69.8. The van der Waals surface area contributed by atoms with Crippen LogP contribution in [-0.4, -0.2) is 0 Å². The van der Waals surface area contributed by atoms with Crippen LogP contribution in [0.25, 0.3) is 0 Å². The van der Waals surface area contributed by atoms with Gasteiger partial charge in [-0.3, -0.25) is 0 Å². The minimum absolute atomic E-state index is 1.21. The van der Waals surface area contributed by atoms with Gasteiger partial charge in [-0.05, 0) is 67.6 Å². The molecule has 0 spiro atoms. The van der Waals surface area contributed by atoms with Crippen LogP contribution in [0.15, 0.2) is 0 Å². The Hall–Kier alpha value is 0. The molecule has 0 aromatic carbocycles. The molecule has 4 aliphatic carbocycles. The average molecular weight is 148 g/mol. The molecule has 0 aromatic heterocycles. The Balaban J connectivity index is 1.83. The molecule has 0 saturated heterocycles. The van der Waals surface area contributed by atoms with Gasteiger partial charge in [0.25, 0.3) is 0 Å². The van der Waals surface area contributed by atoms with Crippen LogP contribution in [0.4, 0.5) is 0 Å². The number of hydrogen-bond acceptors (Lipinski definition) is 0. The van der Waals surface area contributed by atoms with E-state index in [-0.39, 0.29) is 0 Å². The van der Waals surface area contributed by atoms with Gasteiger partial charge in [0.15, 0.2) is 0 Å². The fraction of sp³-hybridized carbons (Fsp3) is 1.00. The lowest BCUT2D eigenvalue weighted by Crippen LogP contribution is -2.40. The van der Waals surface area contributed by atoms with Crippen molar-refractivity contribution in [3.63, 3.8) is 0 Å². The van der Waals surface area contributed by atoms with Crippen molar-refractivity contribution in [3.8, 4) is 0 Å². The zero-order chi connectivity index (χ0) is 7.00. The summed E-state index contributed by atoms with van der Waals surface area (Å²) >= 11 is 0. The summed E-state index contributed by atoms with van der Waals surface area (Å²) in [5.41, 5.74) is 0. The van der Waals surface area contributed by atoms with Crippen molar-refractivity contribution in [2.75, 3.05) is 0 Å². The molecule has 0 heterocycles. The van der Waals surface area contributed by atoms with Crippen LogP contribution < -0.4 is 0 Å². The molecular formula is C11H16. The fourth-order valence-electron chi connectivity index (χ4n) is 5.27. The molecule has 0 heteroatoms. The molecule has 0 bridgehead atoms. The first-order chi connectivity index (χ1) is 5.45. The molecule has 0 aliphatic heterocycles. The molecule has 0 amide bonds. The highest BCUT2D eigenvalue weighted by molar-refractivity contribution is 5.13. The Labute approximate surface area is 68.4 Å². The van der Waals surface area contributed by atoms with Gasteiger partial charge in [0, 0.05) is 0 Å². The Morgan fingerprint density at radius 3 is 1.73 bits per heavy atom. The molecule has 6 atom stereocenters. The zero-order valence-electron chi connectivity index (χ0n) is 7.00. The standard InChI is InChI=1S/C11H16/c1-3-8-9-4-2-7-5-6(1)10(8)11(7)9/h6-11H,1-5H2. The number of rotatable bonds is 0. The van der Waals surface area contributed by atoms with E-state index in [9.17, 15) is 0 Å². The first-order valence-corrected chi connectivity index (χ1v) is 5.45. The topological polar surface area (TPSA) is 0 Å². The third-order valence-corrected chi connectivity index (χ3v) is 5.42. The maximum absolute atomic E-state index is 1.64. The minimum Gasteiger partial charge on any atom is -0.0499 e. The zero-order valence-corrected chi connectivity index (χ0v) is 7.00. The Bertz CT molecular complexity index is 186. The number of hydrogen-bond donors (Lipinski definition) is 0. The van der Waals surface area contributed by atoms with Crippen LogP contribution in [0.1, 0.15) is 32.1 Å². The molecule has 4 fully saturated rings. The molecule has 4 rings (SSSR count). The summed E-state index contributed by atoms with van der Waals surface area (Å²) in [7, 11) is 0. The van der Waals surface area contributed by atoms with Crippen LogP contribution in [0.2, 0.25) is 0 Å². The van der Waals surface area contributed by atoms with Gasteiger partial charge in [0.1, 0.15) is 0 Å². The number of fused-ring (bicyclic) bond motifs is 1. The van der Waals surface area contributed by atoms with Gasteiger partial charge in [-0.25, -0.2) is 0 Å². The third kappa shape index (κ3) is 0.443. The van der Waals surface area contributed by atoms with E-state index < -0.39 is 0 Å². The van der Waals surface area contributed by atoms with Crippen molar-refractivity contribution in [3.05, 3.63) is 0 Å². The fourth-order valence-corrected chi connectivity index (χ4v) is 5.27. The van der Waals surface area contributed by atoms with Gasteiger partial charge in [-0.1, -0.05) is 0 Å². The van der Waals surface area contributed by atoms with Crippen LogP contribution in [0.5, 0.6) is 0 Å². The highest BCUT2D eigenvalue weighted by Gasteiger charge is 2.64. The predicted molar refractivity (Wildman–Crippen MR) is 44.0 cm³/mol. The summed E-state index contributed by atoms with van der Waals surface area (Å²) in [4.78, 5) is 0. The van der Waals surface area contributed by atoms with E-state index in [1.54, 1.807) is 32.1 Å². The molecule has 4 saturated carbocycles. The van der Waals surface area contributed by atoms with Crippen LogP contribution >= 0.6 is 0 Å². The molecule has 11 heavy (non-hydrogen) atoms. The van der Waals surface area contributed by atoms with Gasteiger partial charge < -0.3 is 0 Å². The maximum Gasteiger partial charge on any atom is -0.0321 e. The van der Waals surface area contributed by atoms with E-state index >= 15 is 0 Å². The monoisotopic (exact) mass is 148 g/mol. The predicted octanol–water partition coefficient (Wildman–Crippen LogP) is 2.69. The molecule has 4 aliphatic rings. The van der Waals surface area contributed by atoms with E-state index in [2.05, 4.69) is 0 Å². The summed E-state index contributed by atoms with van der Waals surface area (Å²) < 4.78 is 0. The van der Waals surface area contributed by atoms with Gasteiger partial charge >= 0.3 is 0 Å². The largest absolute Gasteiger partial charge is 0.0499 e. The highest BCUT2D eigenvalue weighted by Crippen LogP contribution is 2.71. The molecule has 0 radical (unpaired) electrons. The lowest BCUT2D eigenvalue weighted by Gasteiger charge is -2.45. The SMILES string of the molecule is C1CC2C3CCC4CC1C2C43. The van der Waals surface area contributed by atoms with Crippen molar-refractivity contribution in [1.29, 1.82) is 0 Å². The molecule has 6 unspecified atom stereocenters. The summed E-state index contributed by atoms with van der Waals surface area (Å²) in [5, 5.41) is 0. The quantitative estimate of drug-likeness (QED) is 0.495. The second-order valence-corrected chi connectivity index (χ2v) is 5.39. The average Bonchev–Trinajstić information content (AvgIpc) is 2.37. The summed E-state index contributed by atoms with van der Waals surface area (Å²) in [6.07, 6.45) is 8.09. The Kier molecular flexibility index (Phi) is 0.781. The second kappa shape index (κ2) is 1.53. The summed E-state index contributed by atoms with van der Waals surface area (Å²) in [5.74, 6) is 7.41. The second-order valence-electron chi connectivity index (χ2n) is 5.39. The van der Waals surface area contributed by atoms with E-state index in [0.717, 1.165) is 0 Å². The molecule has 0 N–H and O–H groups in total. The minimum atomic E-state index is 1.21. The molecule has 0 nitrogen and oxygen atoms in total. The van der Waals surface area contributed by atoms with Crippen LogP contribution in [-0.2, 0) is 0 Å². The molecule has 0 aromatic rings. The maximum atomic E-state index is 1.64. The van der Waals surface area contributed by atoms with Crippen LogP contribution in [0, 0.1) is 35.5 Å².